The van der Waals surface area contributed by atoms with E-state index in [2.05, 4.69) is 40.0 Å². The minimum Gasteiger partial charge on any atom is -0.465 e. The molecule has 0 fully saturated rings. The van der Waals surface area contributed by atoms with Crippen LogP contribution < -0.4 is 10.6 Å². The molecule has 0 aliphatic carbocycles. The first kappa shape index (κ1) is 36.4. The fraction of sp³-hybridized carbons (Fsp3) is 0.0625. The monoisotopic (exact) mass is 748 g/mol. The van der Waals surface area contributed by atoms with Crippen molar-refractivity contribution in [2.45, 2.75) is 0 Å². The molecule has 0 aliphatic rings. The molecule has 18 nitrogen and oxygen atoms in total. The Labute approximate surface area is 300 Å². The third-order valence-corrected chi connectivity index (χ3v) is 7.56. The molecule has 2 amide bonds. The number of aromatic amines is 2. The summed E-state index contributed by atoms with van der Waals surface area (Å²) in [5, 5.41) is 28.1. The van der Waals surface area contributed by atoms with Gasteiger partial charge in [0.1, 0.15) is 11.4 Å². The van der Waals surface area contributed by atoms with Crippen molar-refractivity contribution >= 4 is 91.8 Å². The molecule has 2 aromatic heterocycles. The molecular formula is C32H22Cl2N8O10. The van der Waals surface area contributed by atoms with E-state index in [4.69, 9.17) is 23.2 Å². The Balaban J connectivity index is 0.000000201. The number of fused-ring (bicyclic) bond motifs is 2. The van der Waals surface area contributed by atoms with Gasteiger partial charge in [0, 0.05) is 22.2 Å². The van der Waals surface area contributed by atoms with Crippen LogP contribution in [0, 0.1) is 20.2 Å². The highest BCUT2D eigenvalue weighted by atomic mass is 35.5. The third-order valence-electron chi connectivity index (χ3n) is 7.09. The predicted octanol–water partition coefficient (Wildman–Crippen LogP) is 6.33. The molecule has 0 saturated carbocycles. The average Bonchev–Trinajstić information content (AvgIpc) is 3.75. The molecule has 6 rings (SSSR count). The minimum absolute atomic E-state index is 0.0868. The van der Waals surface area contributed by atoms with Crippen molar-refractivity contribution in [1.29, 1.82) is 0 Å². The Bertz CT molecular complexity index is 2260. The number of hydrogen-bond acceptors (Lipinski definition) is 12. The van der Waals surface area contributed by atoms with Gasteiger partial charge < -0.3 is 30.1 Å². The summed E-state index contributed by atoms with van der Waals surface area (Å²) in [5.74, 6) is -3.32. The Morgan fingerprint density at radius 1 is 0.654 bits per heavy atom. The number of aromatic nitrogens is 4. The lowest BCUT2D eigenvalue weighted by Crippen LogP contribution is -2.18. The van der Waals surface area contributed by atoms with Crippen LogP contribution in [0.4, 0.5) is 22.7 Å². The van der Waals surface area contributed by atoms with E-state index in [0.717, 1.165) is 14.2 Å². The fourth-order valence-corrected chi connectivity index (χ4v) is 5.06. The minimum atomic E-state index is -0.819. The largest absolute Gasteiger partial charge is 0.465 e. The lowest BCUT2D eigenvalue weighted by Gasteiger charge is -2.09. The van der Waals surface area contributed by atoms with Gasteiger partial charge in [-0.25, -0.2) is 19.6 Å². The molecular weight excluding hydrogens is 727 g/mol. The topological polar surface area (TPSA) is 254 Å². The van der Waals surface area contributed by atoms with Gasteiger partial charge in [-0.1, -0.05) is 35.3 Å². The summed E-state index contributed by atoms with van der Waals surface area (Å²) in [6, 6.07) is 17.3. The van der Waals surface area contributed by atoms with Gasteiger partial charge in [-0.05, 0) is 48.5 Å². The van der Waals surface area contributed by atoms with Crippen molar-refractivity contribution in [3.05, 3.63) is 126 Å². The number of rotatable bonds is 8. The number of ether oxygens (including phenoxy) is 2. The first-order valence-corrected chi connectivity index (χ1v) is 15.2. The number of nitrogens with zero attached hydrogens (tertiary/aromatic N) is 4. The molecule has 0 aliphatic heterocycles. The number of imidazole rings is 2. The van der Waals surface area contributed by atoms with Crippen molar-refractivity contribution in [1.82, 2.24) is 19.9 Å². The quantitative estimate of drug-likeness (QED) is 0.0757. The smallest absolute Gasteiger partial charge is 0.340 e. The molecule has 4 aromatic carbocycles. The van der Waals surface area contributed by atoms with E-state index in [1.165, 1.54) is 36.4 Å². The second-order valence-corrected chi connectivity index (χ2v) is 11.2. The summed E-state index contributed by atoms with van der Waals surface area (Å²) >= 11 is 11.8. The number of methoxy groups -OCH3 is 2. The van der Waals surface area contributed by atoms with Gasteiger partial charge in [-0.3, -0.25) is 29.8 Å². The number of nitro benzene ring substituents is 2. The molecule has 264 valence electrons. The van der Waals surface area contributed by atoms with Gasteiger partial charge in [-0.15, -0.1) is 0 Å². The number of esters is 2. The second-order valence-electron chi connectivity index (χ2n) is 10.3. The molecule has 0 bridgehead atoms. The summed E-state index contributed by atoms with van der Waals surface area (Å²) < 4.78 is 9.22. The maximum absolute atomic E-state index is 12.5. The van der Waals surface area contributed by atoms with Crippen molar-refractivity contribution < 1.29 is 38.5 Å². The van der Waals surface area contributed by atoms with Crippen LogP contribution in [-0.4, -0.2) is 67.8 Å². The standard InChI is InChI=1S/2C16H11ClN4O5/c2*1-26-16(23)9-3-2-4-12(21(24)25)13(9)20-15(22)14-18-10-6-5-8(17)7-11(10)19-14/h2*2-7H,1H3,(H,18,19)(H,20,22). The fourth-order valence-electron chi connectivity index (χ4n) is 4.73. The number of para-hydroxylation sites is 2. The molecule has 52 heavy (non-hydrogen) atoms. The van der Waals surface area contributed by atoms with Crippen LogP contribution in [0.3, 0.4) is 0 Å². The van der Waals surface area contributed by atoms with Gasteiger partial charge in [0.15, 0.2) is 11.6 Å². The van der Waals surface area contributed by atoms with Gasteiger partial charge in [0.05, 0.1) is 57.3 Å². The zero-order valence-corrected chi connectivity index (χ0v) is 28.1. The summed E-state index contributed by atoms with van der Waals surface area (Å²) in [7, 11) is 2.27. The van der Waals surface area contributed by atoms with Crippen LogP contribution in [0.25, 0.3) is 22.1 Å². The molecule has 4 N–H and O–H groups in total. The first-order chi connectivity index (χ1) is 24.8. The van der Waals surface area contributed by atoms with Gasteiger partial charge >= 0.3 is 11.9 Å². The number of H-pyrrole nitrogens is 2. The summed E-state index contributed by atoms with van der Waals surface area (Å²) in [6.45, 7) is 0. The normalized spacial score (nSPS) is 10.5. The number of nitrogens with one attached hydrogen (secondary N) is 4. The zero-order chi connectivity index (χ0) is 37.7. The molecule has 0 unspecified atom stereocenters. The molecule has 0 atom stereocenters. The Kier molecular flexibility index (Phi) is 10.7. The van der Waals surface area contributed by atoms with E-state index >= 15 is 0 Å². The Hall–Kier alpha value is -6.92. The Morgan fingerprint density at radius 2 is 1.04 bits per heavy atom. The number of carbonyl (C=O) groups is 4. The predicted molar refractivity (Wildman–Crippen MR) is 187 cm³/mol. The van der Waals surface area contributed by atoms with E-state index in [-0.39, 0.29) is 34.2 Å². The lowest BCUT2D eigenvalue weighted by atomic mass is 10.1. The highest BCUT2D eigenvalue weighted by molar-refractivity contribution is 6.31. The number of benzene rings is 4. The highest BCUT2D eigenvalue weighted by Gasteiger charge is 2.27. The number of carbonyl (C=O) groups excluding carboxylic acids is 4. The highest BCUT2D eigenvalue weighted by Crippen LogP contribution is 2.31. The SMILES string of the molecule is COC(=O)c1cccc([N+](=O)[O-])c1NC(=O)c1nc2cc(Cl)ccc2[nH]1.COC(=O)c1cccc([N+](=O)[O-])c1NC(=O)c1nc2cc(Cl)ccc2[nH]1. The number of amides is 2. The van der Waals surface area contributed by atoms with E-state index in [9.17, 15) is 39.4 Å². The van der Waals surface area contributed by atoms with Crippen LogP contribution in [0.2, 0.25) is 10.0 Å². The van der Waals surface area contributed by atoms with Crippen molar-refractivity contribution in [2.24, 2.45) is 0 Å². The number of anilines is 2. The van der Waals surface area contributed by atoms with Crippen LogP contribution in [0.15, 0.2) is 72.8 Å². The maximum Gasteiger partial charge on any atom is 0.340 e. The molecule has 0 spiro atoms. The van der Waals surface area contributed by atoms with E-state index in [0.29, 0.717) is 32.1 Å². The number of halogens is 2. The molecule has 6 aromatic rings. The Morgan fingerprint density at radius 3 is 1.38 bits per heavy atom. The molecule has 0 saturated heterocycles. The number of nitro groups is 2. The first-order valence-electron chi connectivity index (χ1n) is 14.5. The molecule has 2 heterocycles. The summed E-state index contributed by atoms with van der Waals surface area (Å²) in [5.41, 5.74) is 0.326. The second kappa shape index (κ2) is 15.3. The third kappa shape index (κ3) is 7.77. The van der Waals surface area contributed by atoms with Gasteiger partial charge in [0.25, 0.3) is 23.2 Å². The lowest BCUT2D eigenvalue weighted by molar-refractivity contribution is -0.384. The van der Waals surface area contributed by atoms with Crippen molar-refractivity contribution in [3.8, 4) is 0 Å². The molecule has 0 radical (unpaired) electrons. The average molecular weight is 749 g/mol. The zero-order valence-electron chi connectivity index (χ0n) is 26.6. The van der Waals surface area contributed by atoms with E-state index in [1.807, 2.05) is 0 Å². The van der Waals surface area contributed by atoms with Gasteiger partial charge in [0.2, 0.25) is 0 Å². The summed E-state index contributed by atoms with van der Waals surface area (Å²) in [6.07, 6.45) is 0. The van der Waals surface area contributed by atoms with Crippen LogP contribution >= 0.6 is 23.2 Å². The van der Waals surface area contributed by atoms with Gasteiger partial charge in [-0.2, -0.15) is 0 Å². The summed E-state index contributed by atoms with van der Waals surface area (Å²) in [4.78, 5) is 83.6. The molecule has 20 heteroatoms. The van der Waals surface area contributed by atoms with E-state index < -0.39 is 45.0 Å². The maximum atomic E-state index is 12.5. The van der Waals surface area contributed by atoms with Crippen molar-refractivity contribution in [3.63, 3.8) is 0 Å². The van der Waals surface area contributed by atoms with Crippen molar-refractivity contribution in [2.75, 3.05) is 24.9 Å². The number of hydrogen-bond donors (Lipinski definition) is 4. The van der Waals surface area contributed by atoms with E-state index in [1.54, 1.807) is 36.4 Å². The van der Waals surface area contributed by atoms with Crippen LogP contribution in [0.1, 0.15) is 42.0 Å². The van der Waals surface area contributed by atoms with Crippen LogP contribution in [-0.2, 0) is 9.47 Å². The van der Waals surface area contributed by atoms with Crippen LogP contribution in [0.5, 0.6) is 0 Å².